The minimum atomic E-state index is -0.294. The van der Waals surface area contributed by atoms with Crippen LogP contribution in [0.25, 0.3) is 0 Å². The maximum absolute atomic E-state index is 12.2. The second-order valence-electron chi connectivity index (χ2n) is 4.36. The van der Waals surface area contributed by atoms with Crippen LogP contribution in [-0.4, -0.2) is 36.1 Å². The van der Waals surface area contributed by atoms with Crippen LogP contribution in [-0.2, 0) is 4.74 Å². The van der Waals surface area contributed by atoms with Gasteiger partial charge in [0, 0.05) is 19.9 Å². The van der Waals surface area contributed by atoms with Crippen molar-refractivity contribution in [2.75, 3.05) is 36.6 Å². The van der Waals surface area contributed by atoms with Gasteiger partial charge in [0.1, 0.15) is 10.7 Å². The summed E-state index contributed by atoms with van der Waals surface area (Å²) >= 11 is 1.21. The van der Waals surface area contributed by atoms with Crippen LogP contribution < -0.4 is 16.4 Å². The fraction of sp³-hybridized carbons (Fsp3) is 0.308. The van der Waals surface area contributed by atoms with E-state index in [1.165, 1.54) is 11.3 Å². The van der Waals surface area contributed by atoms with Crippen molar-refractivity contribution in [3.05, 3.63) is 28.9 Å². The number of aromatic nitrogens is 2. The molecule has 0 saturated carbocycles. The van der Waals surface area contributed by atoms with Crippen molar-refractivity contribution in [2.45, 2.75) is 6.92 Å². The van der Waals surface area contributed by atoms with Gasteiger partial charge >= 0.3 is 0 Å². The number of methoxy groups -OCH3 is 1. The van der Waals surface area contributed by atoms with E-state index in [9.17, 15) is 4.79 Å². The topological polar surface area (TPSA) is 102 Å². The molecule has 0 aliphatic heterocycles. The van der Waals surface area contributed by atoms with Crippen LogP contribution in [0.15, 0.2) is 18.5 Å². The van der Waals surface area contributed by atoms with Gasteiger partial charge in [0.15, 0.2) is 5.13 Å². The van der Waals surface area contributed by atoms with Gasteiger partial charge in [-0.05, 0) is 18.6 Å². The Labute approximate surface area is 126 Å². The van der Waals surface area contributed by atoms with Crippen molar-refractivity contribution < 1.29 is 9.53 Å². The molecule has 0 atom stereocenters. The van der Waals surface area contributed by atoms with Crippen molar-refractivity contribution in [3.63, 3.8) is 0 Å². The SMILES string of the molecule is COCCNc1nc(N)c(C(=O)Nc2cncc(C)c2)s1. The standard InChI is InChI=1S/C13H17N5O2S/c1-8-5-9(7-15-6-8)17-12(19)10-11(14)18-13(21-10)16-3-4-20-2/h5-7H,3-4,14H2,1-2H3,(H,16,18)(H,17,19). The van der Waals surface area contributed by atoms with Crippen LogP contribution in [0.3, 0.4) is 0 Å². The second kappa shape index (κ2) is 7.00. The third-order valence-corrected chi connectivity index (χ3v) is 3.60. The number of carbonyl (C=O) groups is 1. The van der Waals surface area contributed by atoms with Gasteiger partial charge in [0.2, 0.25) is 0 Å². The van der Waals surface area contributed by atoms with E-state index in [-0.39, 0.29) is 11.7 Å². The van der Waals surface area contributed by atoms with E-state index in [1.54, 1.807) is 19.5 Å². The molecule has 0 unspecified atom stereocenters. The number of carbonyl (C=O) groups excluding carboxylic acids is 1. The maximum Gasteiger partial charge on any atom is 0.269 e. The summed E-state index contributed by atoms with van der Waals surface area (Å²) in [7, 11) is 1.62. The number of amides is 1. The van der Waals surface area contributed by atoms with E-state index < -0.39 is 0 Å². The Morgan fingerprint density at radius 3 is 3.00 bits per heavy atom. The largest absolute Gasteiger partial charge is 0.383 e. The molecule has 21 heavy (non-hydrogen) atoms. The molecule has 2 aromatic rings. The van der Waals surface area contributed by atoms with Crippen LogP contribution in [0, 0.1) is 6.92 Å². The molecule has 2 rings (SSSR count). The monoisotopic (exact) mass is 307 g/mol. The number of nitrogens with one attached hydrogen (secondary N) is 2. The molecular weight excluding hydrogens is 290 g/mol. The van der Waals surface area contributed by atoms with Crippen molar-refractivity contribution in [2.24, 2.45) is 0 Å². The Morgan fingerprint density at radius 2 is 2.29 bits per heavy atom. The Morgan fingerprint density at radius 1 is 1.48 bits per heavy atom. The number of ether oxygens (including phenoxy) is 1. The molecule has 7 nitrogen and oxygen atoms in total. The van der Waals surface area contributed by atoms with E-state index in [2.05, 4.69) is 20.6 Å². The number of aryl methyl sites for hydroxylation is 1. The zero-order valence-electron chi connectivity index (χ0n) is 11.8. The molecule has 0 saturated heterocycles. The summed E-state index contributed by atoms with van der Waals surface area (Å²) in [5.41, 5.74) is 7.37. The molecule has 0 aromatic carbocycles. The van der Waals surface area contributed by atoms with Gasteiger partial charge in [-0.3, -0.25) is 9.78 Å². The molecule has 2 heterocycles. The molecule has 0 radical (unpaired) electrons. The van der Waals surface area contributed by atoms with Crippen molar-refractivity contribution in [3.8, 4) is 0 Å². The van der Waals surface area contributed by atoms with Gasteiger partial charge in [-0.15, -0.1) is 0 Å². The molecule has 0 aliphatic rings. The summed E-state index contributed by atoms with van der Waals surface area (Å²) in [6.45, 7) is 3.06. The lowest BCUT2D eigenvalue weighted by Crippen LogP contribution is -2.12. The lowest BCUT2D eigenvalue weighted by atomic mass is 10.3. The van der Waals surface area contributed by atoms with E-state index in [0.717, 1.165) is 5.56 Å². The van der Waals surface area contributed by atoms with Crippen molar-refractivity contribution >= 4 is 33.9 Å². The van der Waals surface area contributed by atoms with Crippen LogP contribution >= 0.6 is 11.3 Å². The maximum atomic E-state index is 12.2. The van der Waals surface area contributed by atoms with E-state index in [1.807, 2.05) is 13.0 Å². The molecule has 8 heteroatoms. The molecule has 1 amide bonds. The third kappa shape index (κ3) is 4.14. The Bertz CT molecular complexity index is 629. The first-order valence-electron chi connectivity index (χ1n) is 6.32. The van der Waals surface area contributed by atoms with E-state index in [4.69, 9.17) is 10.5 Å². The smallest absolute Gasteiger partial charge is 0.269 e. The summed E-state index contributed by atoms with van der Waals surface area (Å²) in [5.74, 6) is -0.0878. The summed E-state index contributed by atoms with van der Waals surface area (Å²) in [6.07, 6.45) is 3.30. The quantitative estimate of drug-likeness (QED) is 0.703. The van der Waals surface area contributed by atoms with Gasteiger partial charge in [0.05, 0.1) is 18.5 Å². The highest BCUT2D eigenvalue weighted by molar-refractivity contribution is 7.18. The first-order chi connectivity index (χ1) is 10.1. The number of hydrogen-bond donors (Lipinski definition) is 3. The number of nitrogens with zero attached hydrogens (tertiary/aromatic N) is 2. The third-order valence-electron chi connectivity index (χ3n) is 2.57. The fourth-order valence-corrected chi connectivity index (χ4v) is 2.45. The summed E-state index contributed by atoms with van der Waals surface area (Å²) in [4.78, 5) is 20.7. The van der Waals surface area contributed by atoms with Crippen LogP contribution in [0.1, 0.15) is 15.2 Å². The average molecular weight is 307 g/mol. The molecule has 0 fully saturated rings. The zero-order chi connectivity index (χ0) is 15.2. The minimum absolute atomic E-state index is 0.207. The molecule has 2 aromatic heterocycles. The Balaban J connectivity index is 2.05. The van der Waals surface area contributed by atoms with Gasteiger partial charge < -0.3 is 21.1 Å². The van der Waals surface area contributed by atoms with Gasteiger partial charge in [0.25, 0.3) is 5.91 Å². The summed E-state index contributed by atoms with van der Waals surface area (Å²) in [5, 5.41) is 6.40. The van der Waals surface area contributed by atoms with E-state index in [0.29, 0.717) is 28.8 Å². The van der Waals surface area contributed by atoms with Crippen molar-refractivity contribution in [1.82, 2.24) is 9.97 Å². The zero-order valence-corrected chi connectivity index (χ0v) is 12.7. The highest BCUT2D eigenvalue weighted by atomic mass is 32.1. The number of rotatable bonds is 6. The number of thiazole rings is 1. The summed E-state index contributed by atoms with van der Waals surface area (Å²) in [6, 6.07) is 1.83. The highest BCUT2D eigenvalue weighted by Crippen LogP contribution is 2.25. The summed E-state index contributed by atoms with van der Waals surface area (Å²) < 4.78 is 4.94. The number of anilines is 3. The number of pyridine rings is 1. The predicted molar refractivity (Wildman–Crippen MR) is 83.8 cm³/mol. The minimum Gasteiger partial charge on any atom is -0.383 e. The predicted octanol–water partition coefficient (Wildman–Crippen LogP) is 1.74. The molecular formula is C13H17N5O2S. The average Bonchev–Trinajstić information content (AvgIpc) is 2.80. The molecule has 0 bridgehead atoms. The molecule has 0 spiro atoms. The van der Waals surface area contributed by atoms with Gasteiger partial charge in [-0.1, -0.05) is 11.3 Å². The van der Waals surface area contributed by atoms with Crippen LogP contribution in [0.2, 0.25) is 0 Å². The Kier molecular flexibility index (Phi) is 5.07. The lowest BCUT2D eigenvalue weighted by Gasteiger charge is -2.03. The molecule has 112 valence electrons. The van der Waals surface area contributed by atoms with E-state index >= 15 is 0 Å². The van der Waals surface area contributed by atoms with Gasteiger partial charge in [-0.25, -0.2) is 4.98 Å². The number of nitrogen functional groups attached to an aromatic ring is 1. The Hall–Kier alpha value is -2.19. The fourth-order valence-electron chi connectivity index (χ4n) is 1.64. The van der Waals surface area contributed by atoms with Gasteiger partial charge in [-0.2, -0.15) is 0 Å². The lowest BCUT2D eigenvalue weighted by molar-refractivity contribution is 0.103. The highest BCUT2D eigenvalue weighted by Gasteiger charge is 2.16. The number of nitrogens with two attached hydrogens (primary N) is 1. The van der Waals surface area contributed by atoms with Crippen LogP contribution in [0.5, 0.6) is 0 Å². The molecule has 0 aliphatic carbocycles. The first kappa shape index (κ1) is 15.2. The first-order valence-corrected chi connectivity index (χ1v) is 7.14. The van der Waals surface area contributed by atoms with Crippen molar-refractivity contribution in [1.29, 1.82) is 0 Å². The normalized spacial score (nSPS) is 10.4. The molecule has 4 N–H and O–H groups in total. The van der Waals surface area contributed by atoms with Crippen LogP contribution in [0.4, 0.5) is 16.6 Å². The number of hydrogen-bond acceptors (Lipinski definition) is 7. The second-order valence-corrected chi connectivity index (χ2v) is 5.36.